The van der Waals surface area contributed by atoms with E-state index in [1.807, 2.05) is 19.9 Å². The second kappa shape index (κ2) is 10.4. The fourth-order valence-electron chi connectivity index (χ4n) is 6.55. The summed E-state index contributed by atoms with van der Waals surface area (Å²) >= 11 is 0. The van der Waals surface area contributed by atoms with Crippen LogP contribution in [-0.4, -0.2) is 63.7 Å². The zero-order valence-electron chi connectivity index (χ0n) is 27.2. The summed E-state index contributed by atoms with van der Waals surface area (Å²) in [6.45, 7) is 8.15. The summed E-state index contributed by atoms with van der Waals surface area (Å²) in [5.74, 6) is -1.75. The third kappa shape index (κ3) is 5.21. The number of fused-ring (bicyclic) bond motifs is 3. The van der Waals surface area contributed by atoms with Crippen LogP contribution in [0.3, 0.4) is 0 Å². The molecule has 0 aromatic carbocycles. The summed E-state index contributed by atoms with van der Waals surface area (Å²) in [5, 5.41) is 7.47. The molecule has 5 aromatic rings. The molecule has 47 heavy (non-hydrogen) atoms. The molecule has 242 valence electrons. The molecular formula is C33H31F3N8O3. The van der Waals surface area contributed by atoms with Gasteiger partial charge >= 0.3 is 6.18 Å². The fourth-order valence-corrected chi connectivity index (χ4v) is 6.55. The van der Waals surface area contributed by atoms with Gasteiger partial charge in [0.05, 0.1) is 22.6 Å². The quantitative estimate of drug-likeness (QED) is 0.248. The molecule has 1 aliphatic carbocycles. The lowest BCUT2D eigenvalue weighted by atomic mass is 10.0. The van der Waals surface area contributed by atoms with Crippen molar-refractivity contribution in [2.45, 2.75) is 72.2 Å². The normalized spacial score (nSPS) is 22.4. The number of Topliss-reactive ketones (excluding diaryl/α,β-unsaturated/α-hetero) is 1. The number of anilines is 1. The number of ketones is 1. The van der Waals surface area contributed by atoms with Gasteiger partial charge in [0.1, 0.15) is 24.1 Å². The van der Waals surface area contributed by atoms with Crippen molar-refractivity contribution in [1.29, 1.82) is 0 Å². The molecule has 0 spiro atoms. The number of carbonyl (C=O) groups is 3. The smallest absolute Gasteiger partial charge is 0.336 e. The van der Waals surface area contributed by atoms with Gasteiger partial charge in [-0.3, -0.25) is 19.4 Å². The SMILES string of the molecule is [2H]C1[C@@H](C(=O)Nc2nc(C(F)(F)F)ccc2C)N(C(=O)Cn2cc(C(C)=O)c3cc(-c4cnc5cc(C)nn5c4)nc(C)c32)[C@@H]2C[C@]12C. The van der Waals surface area contributed by atoms with Crippen LogP contribution in [0.25, 0.3) is 27.8 Å². The highest BCUT2D eigenvalue weighted by Gasteiger charge is 2.64. The topological polar surface area (TPSA) is 127 Å². The molecule has 2 amide bonds. The number of nitrogens with one attached hydrogen (secondary N) is 1. The lowest BCUT2D eigenvalue weighted by molar-refractivity contribution is -0.141. The van der Waals surface area contributed by atoms with E-state index in [0.29, 0.717) is 51.0 Å². The number of pyridine rings is 2. The van der Waals surface area contributed by atoms with E-state index < -0.39 is 47.6 Å². The number of carbonyl (C=O) groups excluding carboxylic acids is 3. The predicted octanol–water partition coefficient (Wildman–Crippen LogP) is 5.31. The number of halogens is 3. The van der Waals surface area contributed by atoms with Crippen LogP contribution in [0.4, 0.5) is 19.0 Å². The van der Waals surface area contributed by atoms with Gasteiger partial charge < -0.3 is 14.8 Å². The van der Waals surface area contributed by atoms with Crippen molar-refractivity contribution in [1.82, 2.24) is 34.0 Å². The van der Waals surface area contributed by atoms with Crippen molar-refractivity contribution in [3.8, 4) is 11.3 Å². The van der Waals surface area contributed by atoms with Crippen LogP contribution >= 0.6 is 0 Å². The van der Waals surface area contributed by atoms with Gasteiger partial charge in [0.2, 0.25) is 11.8 Å². The van der Waals surface area contributed by atoms with Gasteiger partial charge in [0.15, 0.2) is 11.4 Å². The molecule has 14 heteroatoms. The number of rotatable bonds is 6. The summed E-state index contributed by atoms with van der Waals surface area (Å²) in [6.07, 6.45) is -0.145. The third-order valence-corrected chi connectivity index (χ3v) is 9.04. The highest BCUT2D eigenvalue weighted by atomic mass is 19.4. The summed E-state index contributed by atoms with van der Waals surface area (Å²) in [5.41, 5.74) is 2.72. The number of aromatic nitrogens is 6. The van der Waals surface area contributed by atoms with E-state index in [2.05, 4.69) is 20.4 Å². The molecule has 7 rings (SSSR count). The highest BCUT2D eigenvalue weighted by molar-refractivity contribution is 6.08. The van der Waals surface area contributed by atoms with Gasteiger partial charge in [0.25, 0.3) is 0 Å². The number of nitrogens with zero attached hydrogens (tertiary/aromatic N) is 7. The molecule has 4 atom stereocenters. The standard InChI is InChI=1S/C33H31F3N8O3/c1-16-6-7-25(33(34,35)36)39-30(16)40-31(47)24-10-32(5)11-26(32)44(24)28(46)15-42-14-22(19(4)45)21-9-23(38-18(3)29(21)42)20-12-37-27-8-17(2)41-43(27)13-20/h6-9,12-14,24,26H,10-11,15H2,1-5H3,(H,39,40,47)/t24-,26+,32-/m0/s1/i10D/t10?,24-,26+,32-. The summed E-state index contributed by atoms with van der Waals surface area (Å²) in [6, 6.07) is 4.00. The second-order valence-electron chi connectivity index (χ2n) is 12.6. The van der Waals surface area contributed by atoms with Crippen LogP contribution in [0.5, 0.6) is 0 Å². The number of alkyl halides is 3. The van der Waals surface area contributed by atoms with Gasteiger partial charge in [-0.2, -0.15) is 18.3 Å². The Morgan fingerprint density at radius 2 is 1.89 bits per heavy atom. The van der Waals surface area contributed by atoms with Crippen molar-refractivity contribution in [3.63, 3.8) is 0 Å². The minimum absolute atomic E-state index is 0.220. The number of hydrogen-bond donors (Lipinski definition) is 1. The molecule has 0 bridgehead atoms. The molecule has 1 aliphatic heterocycles. The number of likely N-dealkylation sites (tertiary alicyclic amines) is 1. The van der Waals surface area contributed by atoms with Crippen molar-refractivity contribution in [3.05, 3.63) is 71.1 Å². The summed E-state index contributed by atoms with van der Waals surface area (Å²) in [7, 11) is 0. The average Bonchev–Trinajstić information content (AvgIpc) is 3.25. The molecule has 6 heterocycles. The molecule has 1 saturated carbocycles. The highest BCUT2D eigenvalue weighted by Crippen LogP contribution is 2.59. The van der Waals surface area contributed by atoms with E-state index in [-0.39, 0.29) is 18.1 Å². The summed E-state index contributed by atoms with van der Waals surface area (Å²) < 4.78 is 52.2. The Bertz CT molecular complexity index is 2190. The van der Waals surface area contributed by atoms with Crippen LogP contribution in [0, 0.1) is 26.2 Å². The first-order valence-electron chi connectivity index (χ1n) is 15.6. The van der Waals surface area contributed by atoms with E-state index in [1.165, 1.54) is 24.8 Å². The van der Waals surface area contributed by atoms with Crippen LogP contribution in [0.15, 0.2) is 42.9 Å². The van der Waals surface area contributed by atoms with Crippen molar-refractivity contribution >= 4 is 40.0 Å². The van der Waals surface area contributed by atoms with Gasteiger partial charge in [-0.05, 0) is 63.6 Å². The van der Waals surface area contributed by atoms with E-state index in [9.17, 15) is 27.6 Å². The Morgan fingerprint density at radius 3 is 2.62 bits per heavy atom. The summed E-state index contributed by atoms with van der Waals surface area (Å²) in [4.78, 5) is 54.7. The molecule has 1 N–H and O–H groups in total. The zero-order chi connectivity index (χ0) is 34.4. The van der Waals surface area contributed by atoms with Gasteiger partial charge in [-0.1, -0.05) is 13.0 Å². The minimum atomic E-state index is -4.72. The lowest BCUT2D eigenvalue weighted by Crippen LogP contribution is -2.46. The van der Waals surface area contributed by atoms with E-state index in [1.54, 1.807) is 40.7 Å². The number of piperidine rings is 1. The maximum Gasteiger partial charge on any atom is 0.433 e. The maximum atomic E-state index is 14.1. The molecule has 1 unspecified atom stereocenters. The Balaban J connectivity index is 1.21. The van der Waals surface area contributed by atoms with Gasteiger partial charge in [0, 0.05) is 48.6 Å². The number of hydrogen-bond acceptors (Lipinski definition) is 7. The van der Waals surface area contributed by atoms with Crippen molar-refractivity contribution < 1.29 is 28.9 Å². The monoisotopic (exact) mass is 645 g/mol. The maximum absolute atomic E-state index is 14.1. The Kier molecular flexibility index (Phi) is 6.50. The van der Waals surface area contributed by atoms with Crippen LogP contribution in [0.2, 0.25) is 0 Å². The first-order chi connectivity index (χ1) is 22.6. The van der Waals surface area contributed by atoms with Crippen LogP contribution < -0.4 is 5.32 Å². The molecular weight excluding hydrogens is 613 g/mol. The third-order valence-electron chi connectivity index (χ3n) is 9.04. The Hall–Kier alpha value is -5.14. The molecule has 11 nitrogen and oxygen atoms in total. The van der Waals surface area contributed by atoms with Crippen LogP contribution in [-0.2, 0) is 22.3 Å². The van der Waals surface area contributed by atoms with Gasteiger partial charge in [-0.15, -0.1) is 0 Å². The lowest BCUT2D eigenvalue weighted by Gasteiger charge is -2.27. The number of aryl methyl sites for hydroxylation is 3. The van der Waals surface area contributed by atoms with Crippen molar-refractivity contribution in [2.24, 2.45) is 5.41 Å². The predicted molar refractivity (Wildman–Crippen MR) is 166 cm³/mol. The second-order valence-corrected chi connectivity index (χ2v) is 12.6. The molecule has 2 aliphatic rings. The molecule has 5 aromatic heterocycles. The average molecular weight is 646 g/mol. The molecule has 1 saturated heterocycles. The Labute approximate surface area is 268 Å². The van der Waals surface area contributed by atoms with Crippen molar-refractivity contribution in [2.75, 3.05) is 5.32 Å². The zero-order valence-corrected chi connectivity index (χ0v) is 26.2. The molecule has 2 fully saturated rings. The fraction of sp³-hybridized carbons (Fsp3) is 0.364. The van der Waals surface area contributed by atoms with E-state index in [0.717, 1.165) is 11.8 Å². The first-order valence-corrected chi connectivity index (χ1v) is 15.0. The van der Waals surface area contributed by atoms with Crippen LogP contribution in [0.1, 0.15) is 61.0 Å². The van der Waals surface area contributed by atoms with E-state index in [4.69, 9.17) is 6.35 Å². The first kappa shape index (κ1) is 29.3. The van der Waals surface area contributed by atoms with Gasteiger partial charge in [-0.25, -0.2) is 14.5 Å². The Morgan fingerprint density at radius 1 is 1.13 bits per heavy atom. The molecule has 0 radical (unpaired) electrons. The minimum Gasteiger partial charge on any atom is -0.336 e. The number of amides is 2. The largest absolute Gasteiger partial charge is 0.433 e. The van der Waals surface area contributed by atoms with E-state index >= 15 is 0 Å².